The smallest absolute Gasteiger partial charge is 0.204 e. The summed E-state index contributed by atoms with van der Waals surface area (Å²) >= 11 is 10.9. The van der Waals surface area contributed by atoms with Gasteiger partial charge in [-0.05, 0) is 108 Å². The molecule has 10 nitrogen and oxygen atoms in total. The minimum absolute atomic E-state index is 0.262. The molecule has 0 atom stereocenters. The fourth-order valence-corrected chi connectivity index (χ4v) is 5.61. The monoisotopic (exact) mass is 834 g/mol. The summed E-state index contributed by atoms with van der Waals surface area (Å²) in [5.41, 5.74) is 4.66. The third-order valence-corrected chi connectivity index (χ3v) is 9.72. The van der Waals surface area contributed by atoms with E-state index in [1.165, 1.54) is 59.9 Å². The molecule has 292 valence electrons. The number of hydrogen-bond acceptors (Lipinski definition) is 8. The maximum Gasteiger partial charge on any atom is 0.204 e. The van der Waals surface area contributed by atoms with Crippen LogP contribution in [0.3, 0.4) is 0 Å². The number of nitrogens with zero attached hydrogens (tertiary/aromatic N) is 2. The number of ether oxygens (including phenoxy) is 2. The molecule has 0 unspecified atom stereocenters. The first-order valence-corrected chi connectivity index (χ1v) is 20.1. The molecule has 0 spiro atoms. The van der Waals surface area contributed by atoms with Crippen LogP contribution in [0.1, 0.15) is 22.5 Å². The van der Waals surface area contributed by atoms with Gasteiger partial charge >= 0.3 is 0 Å². The molecule has 0 N–H and O–H groups in total. The number of rotatable bonds is 8. The van der Waals surface area contributed by atoms with Crippen LogP contribution >= 0.6 is 23.2 Å². The van der Waals surface area contributed by atoms with Gasteiger partial charge in [-0.15, -0.1) is 0 Å². The predicted octanol–water partition coefficient (Wildman–Crippen LogP) is 7.87. The molecular weight excluding hydrogens is 796 g/mol. The van der Waals surface area contributed by atoms with E-state index in [-0.39, 0.29) is 9.79 Å². The molecule has 0 aliphatic rings. The number of pyridine rings is 2. The summed E-state index contributed by atoms with van der Waals surface area (Å²) in [4.78, 5) is -0.524. The number of aromatic nitrogens is 2. The Kier molecular flexibility index (Phi) is 17.9. The van der Waals surface area contributed by atoms with Crippen molar-refractivity contribution in [1.29, 1.82) is 0 Å². The van der Waals surface area contributed by atoms with Gasteiger partial charge in [0.1, 0.15) is 45.8 Å². The molecule has 0 amide bonds. The van der Waals surface area contributed by atoms with Crippen molar-refractivity contribution in [2.45, 2.75) is 9.79 Å². The van der Waals surface area contributed by atoms with Gasteiger partial charge in [0, 0.05) is 46.5 Å². The summed E-state index contributed by atoms with van der Waals surface area (Å²) in [6.45, 7) is 0. The molecule has 6 aromatic rings. The highest BCUT2D eigenvalue weighted by Gasteiger charge is 2.01. The van der Waals surface area contributed by atoms with E-state index in [9.17, 15) is 25.9 Å². The Balaban J connectivity index is 0.000000205. The topological polar surface area (TPSA) is 141 Å². The molecule has 0 saturated heterocycles. The van der Waals surface area contributed by atoms with E-state index in [0.29, 0.717) is 10.0 Å². The van der Waals surface area contributed by atoms with E-state index in [4.69, 9.17) is 32.7 Å². The molecule has 0 aliphatic heterocycles. The molecule has 0 fully saturated rings. The third-order valence-electron chi connectivity index (χ3n) is 7.52. The van der Waals surface area contributed by atoms with Gasteiger partial charge in [0.25, 0.3) is 0 Å². The zero-order valence-corrected chi connectivity index (χ0v) is 34.0. The zero-order chi connectivity index (χ0) is 41.1. The van der Waals surface area contributed by atoms with Crippen LogP contribution in [0.4, 0.5) is 0 Å². The number of halogens is 2. The van der Waals surface area contributed by atoms with E-state index in [1.54, 1.807) is 14.2 Å². The summed E-state index contributed by atoms with van der Waals surface area (Å²) < 4.78 is 76.5. The van der Waals surface area contributed by atoms with Gasteiger partial charge < -0.3 is 18.6 Å². The van der Waals surface area contributed by atoms with Crippen LogP contribution in [0.25, 0.3) is 24.3 Å². The lowest BCUT2D eigenvalue weighted by molar-refractivity contribution is -0.673. The number of aryl methyl sites for hydroxylation is 2. The summed E-state index contributed by atoms with van der Waals surface area (Å²) in [6, 6.07) is 38.4. The Morgan fingerprint density at radius 3 is 1.07 bits per heavy atom. The van der Waals surface area contributed by atoms with Crippen LogP contribution in [0.2, 0.25) is 10.0 Å². The second kappa shape index (κ2) is 22.3. The Labute approximate surface area is 338 Å². The molecule has 0 radical (unpaired) electrons. The lowest BCUT2D eigenvalue weighted by Crippen LogP contribution is -2.30. The van der Waals surface area contributed by atoms with E-state index >= 15 is 0 Å². The van der Waals surface area contributed by atoms with Crippen molar-refractivity contribution in [3.8, 4) is 11.5 Å². The van der Waals surface area contributed by atoms with Gasteiger partial charge in [-0.2, -0.15) is 0 Å². The van der Waals surface area contributed by atoms with Crippen molar-refractivity contribution in [3.63, 3.8) is 0 Å². The molecule has 56 heavy (non-hydrogen) atoms. The Bertz CT molecular complexity index is 2230. The highest BCUT2D eigenvalue weighted by Crippen LogP contribution is 2.16. The van der Waals surface area contributed by atoms with Gasteiger partial charge in [-0.1, -0.05) is 47.5 Å². The molecule has 2 heterocycles. The Morgan fingerprint density at radius 2 is 0.804 bits per heavy atom. The van der Waals surface area contributed by atoms with Gasteiger partial charge in [0.2, 0.25) is 11.4 Å². The second-order valence-electron chi connectivity index (χ2n) is 11.5. The fraction of sp³-hybridized carbons (Fsp3) is 0.0952. The molecule has 0 aliphatic carbocycles. The molecular formula is C42H40Cl2N2O8S2. The molecule has 0 bridgehead atoms. The van der Waals surface area contributed by atoms with Crippen LogP contribution in [0.15, 0.2) is 156 Å². The quantitative estimate of drug-likeness (QED) is 0.112. The average molecular weight is 836 g/mol. The van der Waals surface area contributed by atoms with Crippen LogP contribution < -0.4 is 18.6 Å². The number of benzene rings is 4. The lowest BCUT2D eigenvalue weighted by atomic mass is 10.2. The number of hydrogen-bond donors (Lipinski definition) is 0. The van der Waals surface area contributed by atoms with E-state index in [1.807, 2.05) is 99.3 Å². The van der Waals surface area contributed by atoms with Gasteiger partial charge in [-0.25, -0.2) is 26.0 Å². The van der Waals surface area contributed by atoms with Crippen molar-refractivity contribution in [3.05, 3.63) is 178 Å². The Hall–Kier alpha value is -5.34. The summed E-state index contributed by atoms with van der Waals surface area (Å²) in [6.07, 6.45) is 12.5. The molecule has 14 heteroatoms. The largest absolute Gasteiger partial charge is 0.744 e. The first-order chi connectivity index (χ1) is 26.6. The van der Waals surface area contributed by atoms with Gasteiger partial charge in [0.15, 0.2) is 12.4 Å². The second-order valence-corrected chi connectivity index (χ2v) is 15.1. The molecule has 0 saturated carbocycles. The van der Waals surface area contributed by atoms with Crippen molar-refractivity contribution < 1.29 is 44.5 Å². The summed E-state index contributed by atoms with van der Waals surface area (Å²) in [5.74, 6) is 1.76. The van der Waals surface area contributed by atoms with Gasteiger partial charge in [-0.3, -0.25) is 0 Å². The van der Waals surface area contributed by atoms with Crippen LogP contribution in [-0.2, 0) is 34.3 Å². The normalized spacial score (nSPS) is 11.0. The van der Waals surface area contributed by atoms with Gasteiger partial charge in [0.05, 0.1) is 24.0 Å². The lowest BCUT2D eigenvalue weighted by Gasteiger charge is -2.05. The fourth-order valence-electron chi connectivity index (χ4n) is 4.42. The predicted molar refractivity (Wildman–Crippen MR) is 218 cm³/mol. The van der Waals surface area contributed by atoms with Crippen molar-refractivity contribution >= 4 is 67.7 Å². The first-order valence-electron chi connectivity index (χ1n) is 16.6. The summed E-state index contributed by atoms with van der Waals surface area (Å²) in [7, 11) is -1.23. The number of methoxy groups -OCH3 is 2. The first kappa shape index (κ1) is 45.1. The molecule has 6 rings (SSSR count). The minimum atomic E-state index is -4.33. The van der Waals surface area contributed by atoms with E-state index in [2.05, 4.69) is 45.6 Å². The zero-order valence-electron chi connectivity index (χ0n) is 30.9. The summed E-state index contributed by atoms with van der Waals surface area (Å²) in [5, 5.41) is 0.801. The van der Waals surface area contributed by atoms with Crippen molar-refractivity contribution in [2.24, 2.45) is 14.1 Å². The van der Waals surface area contributed by atoms with Crippen molar-refractivity contribution in [1.82, 2.24) is 0 Å². The average Bonchev–Trinajstić information content (AvgIpc) is 3.18. The third kappa shape index (κ3) is 16.2. The van der Waals surface area contributed by atoms with E-state index in [0.717, 1.165) is 22.6 Å². The maximum atomic E-state index is 10.3. The Morgan fingerprint density at radius 1 is 0.482 bits per heavy atom. The van der Waals surface area contributed by atoms with E-state index < -0.39 is 20.2 Å². The maximum absolute atomic E-state index is 10.3. The highest BCUT2D eigenvalue weighted by atomic mass is 35.5. The molecule has 4 aromatic carbocycles. The van der Waals surface area contributed by atoms with Crippen LogP contribution in [0.5, 0.6) is 11.5 Å². The van der Waals surface area contributed by atoms with Crippen LogP contribution in [-0.4, -0.2) is 40.2 Å². The van der Waals surface area contributed by atoms with Crippen molar-refractivity contribution in [2.75, 3.05) is 14.2 Å². The SMILES string of the molecule is COc1ccc(/C=C/c2cccc[n+]2C)cc1.COc1ccc(/C=C/c2cccc[n+]2C)cc1.O=S(=O)([O-])c1ccc(Cl)cc1.O=S(=O)([O-])c1ccc(Cl)cc1. The highest BCUT2D eigenvalue weighted by molar-refractivity contribution is 7.86. The molecule has 2 aromatic heterocycles. The van der Waals surface area contributed by atoms with Crippen LogP contribution in [0, 0.1) is 0 Å². The standard InChI is InChI=1S/2C15H16NO.2C6H5ClO3S/c2*1-16-12-4-3-5-14(16)9-6-13-7-10-15(17-2)11-8-13;2*7-5-1-3-6(4-2-5)11(8,9)10/h2*3-12H,1-2H3;2*1-4H,(H,8,9,10)/q2*+1;;/p-2/b2*9-6+;;. The minimum Gasteiger partial charge on any atom is -0.744 e.